The Morgan fingerprint density at radius 1 is 1.36 bits per heavy atom. The fraction of sp³-hybridized carbons (Fsp3) is 0.438. The maximum atomic E-state index is 11.9. The monoisotopic (exact) mass is 302 g/mol. The first-order valence-corrected chi connectivity index (χ1v) is 7.02. The van der Waals surface area contributed by atoms with Gasteiger partial charge in [0.05, 0.1) is 18.7 Å². The molecule has 0 aromatic heterocycles. The van der Waals surface area contributed by atoms with Crippen LogP contribution in [0.4, 0.5) is 0 Å². The second-order valence-electron chi connectivity index (χ2n) is 5.44. The number of benzene rings is 1. The Hall–Kier alpha value is -2.55. The van der Waals surface area contributed by atoms with Gasteiger partial charge in [0.2, 0.25) is 0 Å². The zero-order valence-electron chi connectivity index (χ0n) is 12.6. The Bertz CT molecular complexity index is 602. The van der Waals surface area contributed by atoms with E-state index < -0.39 is 11.5 Å². The third kappa shape index (κ3) is 3.76. The van der Waals surface area contributed by atoms with Crippen LogP contribution in [-0.2, 0) is 9.53 Å². The van der Waals surface area contributed by atoms with Crippen LogP contribution in [0.5, 0.6) is 5.75 Å². The number of carbonyl (C=O) groups is 2. The zero-order valence-corrected chi connectivity index (χ0v) is 12.6. The maximum absolute atomic E-state index is 11.9. The molecule has 1 saturated carbocycles. The number of esters is 1. The lowest BCUT2D eigenvalue weighted by atomic mass is 9.98. The van der Waals surface area contributed by atoms with Crippen LogP contribution in [0.2, 0.25) is 0 Å². The van der Waals surface area contributed by atoms with Crippen molar-refractivity contribution in [3.8, 4) is 11.8 Å². The predicted octanol–water partition coefficient (Wildman–Crippen LogP) is 1.66. The van der Waals surface area contributed by atoms with Crippen molar-refractivity contribution in [3.05, 3.63) is 29.8 Å². The lowest BCUT2D eigenvalue weighted by molar-refractivity contribution is -0.124. The first kappa shape index (κ1) is 15.8. The highest BCUT2D eigenvalue weighted by Crippen LogP contribution is 2.39. The molecule has 0 bridgehead atoms. The minimum Gasteiger partial charge on any atom is -0.484 e. The zero-order chi connectivity index (χ0) is 16.2. The van der Waals surface area contributed by atoms with Gasteiger partial charge >= 0.3 is 5.97 Å². The molecular weight excluding hydrogens is 284 g/mol. The van der Waals surface area contributed by atoms with Crippen molar-refractivity contribution >= 4 is 11.9 Å². The second-order valence-corrected chi connectivity index (χ2v) is 5.44. The van der Waals surface area contributed by atoms with E-state index in [9.17, 15) is 14.9 Å². The lowest BCUT2D eigenvalue weighted by Crippen LogP contribution is -2.48. The van der Waals surface area contributed by atoms with Crippen LogP contribution in [-0.4, -0.2) is 31.1 Å². The third-order valence-electron chi connectivity index (χ3n) is 3.67. The summed E-state index contributed by atoms with van der Waals surface area (Å²) in [5.74, 6) is -0.0832. The molecule has 1 fully saturated rings. The van der Waals surface area contributed by atoms with Gasteiger partial charge in [-0.3, -0.25) is 4.79 Å². The Balaban J connectivity index is 1.86. The van der Waals surface area contributed by atoms with Gasteiger partial charge in [0, 0.05) is 0 Å². The molecular formula is C16H18N2O4. The van der Waals surface area contributed by atoms with E-state index in [0.717, 1.165) is 12.8 Å². The van der Waals surface area contributed by atoms with Crippen LogP contribution >= 0.6 is 0 Å². The minimum atomic E-state index is -0.824. The van der Waals surface area contributed by atoms with Crippen molar-refractivity contribution in [3.63, 3.8) is 0 Å². The molecule has 22 heavy (non-hydrogen) atoms. The normalized spacial score (nSPS) is 16.0. The molecule has 6 heteroatoms. The Kier molecular flexibility index (Phi) is 4.66. The molecule has 1 aliphatic carbocycles. The Morgan fingerprint density at radius 3 is 2.50 bits per heavy atom. The van der Waals surface area contributed by atoms with Crippen LogP contribution < -0.4 is 10.1 Å². The molecule has 0 saturated heterocycles. The molecule has 1 aromatic carbocycles. The van der Waals surface area contributed by atoms with Gasteiger partial charge < -0.3 is 14.8 Å². The number of ether oxygens (including phenoxy) is 2. The number of rotatable bonds is 6. The summed E-state index contributed by atoms with van der Waals surface area (Å²) in [5.41, 5.74) is -0.417. The number of carbonyl (C=O) groups excluding carboxylic acids is 2. The van der Waals surface area contributed by atoms with Gasteiger partial charge in [-0.15, -0.1) is 0 Å². The highest BCUT2D eigenvalue weighted by molar-refractivity contribution is 5.89. The molecule has 0 aliphatic heterocycles. The highest BCUT2D eigenvalue weighted by Gasteiger charge is 2.43. The first-order chi connectivity index (χ1) is 10.5. The molecule has 1 amide bonds. The molecule has 1 aliphatic rings. The number of hydrogen-bond acceptors (Lipinski definition) is 5. The van der Waals surface area contributed by atoms with E-state index in [0.29, 0.717) is 11.3 Å². The summed E-state index contributed by atoms with van der Waals surface area (Å²) < 4.78 is 9.95. The number of nitrogens with one attached hydrogen (secondary N) is 1. The molecule has 116 valence electrons. The molecule has 0 spiro atoms. The highest BCUT2D eigenvalue weighted by atomic mass is 16.5. The predicted molar refractivity (Wildman–Crippen MR) is 78.2 cm³/mol. The standard InChI is InChI=1S/C16H18N2O4/c1-16(10-17,12-5-6-12)18-14(19)9-22-13-7-3-11(4-8-13)15(20)21-2/h3-4,7-8,12H,5-6,9H2,1-2H3,(H,18,19)/t16-/m1/s1. The van der Waals surface area contributed by atoms with E-state index in [-0.39, 0.29) is 18.4 Å². The lowest BCUT2D eigenvalue weighted by Gasteiger charge is -2.22. The summed E-state index contributed by atoms with van der Waals surface area (Å²) in [5, 5.41) is 11.9. The van der Waals surface area contributed by atoms with Crippen LogP contribution in [0, 0.1) is 17.2 Å². The van der Waals surface area contributed by atoms with Crippen molar-refractivity contribution in [2.45, 2.75) is 25.3 Å². The summed E-state index contributed by atoms with van der Waals surface area (Å²) in [4.78, 5) is 23.2. The van der Waals surface area contributed by atoms with Gasteiger partial charge in [-0.2, -0.15) is 5.26 Å². The summed E-state index contributed by atoms with van der Waals surface area (Å²) in [6.45, 7) is 1.55. The largest absolute Gasteiger partial charge is 0.484 e. The van der Waals surface area contributed by atoms with Crippen molar-refractivity contribution in [1.82, 2.24) is 5.32 Å². The maximum Gasteiger partial charge on any atom is 0.337 e. The van der Waals surface area contributed by atoms with Crippen molar-refractivity contribution in [2.75, 3.05) is 13.7 Å². The van der Waals surface area contributed by atoms with E-state index in [4.69, 9.17) is 4.74 Å². The number of amides is 1. The average Bonchev–Trinajstić information content (AvgIpc) is 3.38. The van der Waals surface area contributed by atoms with Gasteiger partial charge in [0.1, 0.15) is 11.3 Å². The number of methoxy groups -OCH3 is 1. The van der Waals surface area contributed by atoms with Crippen LogP contribution in [0.25, 0.3) is 0 Å². The summed E-state index contributed by atoms with van der Waals surface area (Å²) in [6, 6.07) is 8.45. The summed E-state index contributed by atoms with van der Waals surface area (Å²) in [7, 11) is 1.31. The molecule has 6 nitrogen and oxygen atoms in total. The van der Waals surface area contributed by atoms with Crippen LogP contribution in [0.15, 0.2) is 24.3 Å². The molecule has 0 radical (unpaired) electrons. The summed E-state index contributed by atoms with van der Waals surface area (Å²) >= 11 is 0. The smallest absolute Gasteiger partial charge is 0.337 e. The van der Waals surface area contributed by atoms with Gasteiger partial charge in [0.25, 0.3) is 5.91 Å². The van der Waals surface area contributed by atoms with E-state index in [1.807, 2.05) is 0 Å². The molecule has 1 aromatic rings. The van der Waals surface area contributed by atoms with E-state index in [1.165, 1.54) is 7.11 Å². The quantitative estimate of drug-likeness (QED) is 0.807. The molecule has 0 unspecified atom stereocenters. The van der Waals surface area contributed by atoms with E-state index >= 15 is 0 Å². The number of nitriles is 1. The van der Waals surface area contributed by atoms with Gasteiger partial charge in [-0.25, -0.2) is 4.79 Å². The van der Waals surface area contributed by atoms with Crippen molar-refractivity contribution < 1.29 is 19.1 Å². The molecule has 2 rings (SSSR count). The average molecular weight is 302 g/mol. The first-order valence-electron chi connectivity index (χ1n) is 7.02. The Labute approximate surface area is 129 Å². The molecule has 1 N–H and O–H groups in total. The van der Waals surface area contributed by atoms with Crippen LogP contribution in [0.1, 0.15) is 30.1 Å². The van der Waals surface area contributed by atoms with Gasteiger partial charge in [0.15, 0.2) is 6.61 Å². The SMILES string of the molecule is COC(=O)c1ccc(OCC(=O)N[C@](C)(C#N)C2CC2)cc1. The fourth-order valence-electron chi connectivity index (χ4n) is 2.16. The minimum absolute atomic E-state index is 0.179. The molecule has 0 heterocycles. The van der Waals surface area contributed by atoms with E-state index in [1.54, 1.807) is 31.2 Å². The van der Waals surface area contributed by atoms with Crippen molar-refractivity contribution in [2.24, 2.45) is 5.92 Å². The Morgan fingerprint density at radius 2 is 2.00 bits per heavy atom. The second kappa shape index (κ2) is 6.48. The molecule has 1 atom stereocenters. The topological polar surface area (TPSA) is 88.4 Å². The number of nitrogens with zero attached hydrogens (tertiary/aromatic N) is 1. The van der Waals surface area contributed by atoms with Gasteiger partial charge in [-0.1, -0.05) is 0 Å². The van der Waals surface area contributed by atoms with Gasteiger partial charge in [-0.05, 0) is 49.9 Å². The van der Waals surface area contributed by atoms with Crippen LogP contribution in [0.3, 0.4) is 0 Å². The number of hydrogen-bond donors (Lipinski definition) is 1. The summed E-state index contributed by atoms with van der Waals surface area (Å²) in [6.07, 6.45) is 1.92. The van der Waals surface area contributed by atoms with Crippen molar-refractivity contribution in [1.29, 1.82) is 5.26 Å². The fourth-order valence-corrected chi connectivity index (χ4v) is 2.16. The van der Waals surface area contributed by atoms with E-state index in [2.05, 4.69) is 16.1 Å². The third-order valence-corrected chi connectivity index (χ3v) is 3.67.